The number of benzene rings is 1. The van der Waals surface area contributed by atoms with Crippen LogP contribution in [0.1, 0.15) is 18.4 Å². The van der Waals surface area contributed by atoms with Crippen molar-refractivity contribution in [2.75, 3.05) is 4.90 Å². The molecule has 0 bridgehead atoms. The molecule has 0 spiro atoms. The summed E-state index contributed by atoms with van der Waals surface area (Å²) in [5.74, 6) is -0.296. The highest BCUT2D eigenvalue weighted by Crippen LogP contribution is 2.29. The zero-order chi connectivity index (χ0) is 11.0. The number of hydrogen-bond donors (Lipinski definition) is 0. The van der Waals surface area contributed by atoms with E-state index in [9.17, 15) is 9.59 Å². The lowest BCUT2D eigenvalue weighted by Gasteiger charge is -2.16. The topological polar surface area (TPSA) is 37.4 Å². The number of amides is 2. The third-order valence-corrected chi connectivity index (χ3v) is 2.94. The largest absolute Gasteiger partial charge is 0.274 e. The van der Waals surface area contributed by atoms with Gasteiger partial charge in [0.05, 0.1) is 5.69 Å². The van der Waals surface area contributed by atoms with Gasteiger partial charge in [-0.25, -0.2) is 0 Å². The minimum atomic E-state index is -0.148. The molecule has 0 aliphatic carbocycles. The number of nitrogens with zero attached hydrogens (tertiary/aromatic N) is 1. The molecule has 1 aromatic rings. The van der Waals surface area contributed by atoms with Gasteiger partial charge in [0.15, 0.2) is 0 Å². The Kier molecular flexibility index (Phi) is 2.49. The molecule has 78 valence electrons. The van der Waals surface area contributed by atoms with Gasteiger partial charge in [0.25, 0.3) is 0 Å². The summed E-state index contributed by atoms with van der Waals surface area (Å²) in [6.45, 7) is 1.80. The number of hydrogen-bond acceptors (Lipinski definition) is 2. The van der Waals surface area contributed by atoms with Crippen LogP contribution in [0, 0.1) is 6.92 Å². The fourth-order valence-corrected chi connectivity index (χ4v) is 1.85. The minimum Gasteiger partial charge on any atom is -0.274 e. The monoisotopic (exact) mass is 223 g/mol. The second kappa shape index (κ2) is 3.66. The molecule has 1 aliphatic heterocycles. The maximum Gasteiger partial charge on any atom is 0.234 e. The highest BCUT2D eigenvalue weighted by atomic mass is 35.5. The van der Waals surface area contributed by atoms with E-state index < -0.39 is 0 Å². The highest BCUT2D eigenvalue weighted by molar-refractivity contribution is 6.32. The van der Waals surface area contributed by atoms with E-state index in [0.717, 1.165) is 5.56 Å². The first-order valence-corrected chi connectivity index (χ1v) is 5.10. The molecular formula is C11H10ClNO2. The van der Waals surface area contributed by atoms with Gasteiger partial charge in [-0.15, -0.1) is 0 Å². The first kappa shape index (κ1) is 10.2. The van der Waals surface area contributed by atoms with Crippen LogP contribution in [0.15, 0.2) is 18.2 Å². The predicted octanol–water partition coefficient (Wildman–Crippen LogP) is 2.30. The fraction of sp³-hybridized carbons (Fsp3) is 0.273. The Labute approximate surface area is 92.6 Å². The summed E-state index contributed by atoms with van der Waals surface area (Å²) < 4.78 is 0. The summed E-state index contributed by atoms with van der Waals surface area (Å²) in [6.07, 6.45) is 0.593. The van der Waals surface area contributed by atoms with Crippen molar-refractivity contribution in [3.63, 3.8) is 0 Å². The van der Waals surface area contributed by atoms with Crippen LogP contribution in [0.2, 0.25) is 5.02 Å². The molecule has 2 amide bonds. The second-order valence-electron chi connectivity index (χ2n) is 3.51. The Morgan fingerprint density at radius 3 is 2.40 bits per heavy atom. The molecule has 15 heavy (non-hydrogen) atoms. The number of anilines is 1. The standard InChI is InChI=1S/C11H10ClNO2/c1-7-8(12)3-2-4-9(7)13-10(14)5-6-11(13)15/h2-4H,5-6H2,1H3. The third-order valence-electron chi connectivity index (χ3n) is 2.53. The summed E-state index contributed by atoms with van der Waals surface area (Å²) >= 11 is 5.94. The third kappa shape index (κ3) is 1.63. The Hall–Kier alpha value is -1.35. The Balaban J connectivity index is 2.49. The van der Waals surface area contributed by atoms with Gasteiger partial charge in [-0.3, -0.25) is 14.5 Å². The number of carbonyl (C=O) groups is 2. The van der Waals surface area contributed by atoms with Crippen molar-refractivity contribution in [2.24, 2.45) is 0 Å². The molecular weight excluding hydrogens is 214 g/mol. The molecule has 2 rings (SSSR count). The van der Waals surface area contributed by atoms with Crippen molar-refractivity contribution in [1.82, 2.24) is 0 Å². The average molecular weight is 224 g/mol. The Morgan fingerprint density at radius 2 is 1.80 bits per heavy atom. The number of imide groups is 1. The number of rotatable bonds is 1. The molecule has 0 N–H and O–H groups in total. The SMILES string of the molecule is Cc1c(Cl)cccc1N1C(=O)CCC1=O. The highest BCUT2D eigenvalue weighted by Gasteiger charge is 2.31. The first-order valence-electron chi connectivity index (χ1n) is 4.72. The molecule has 4 heteroatoms. The molecule has 1 aliphatic rings. The molecule has 0 radical (unpaired) electrons. The maximum atomic E-state index is 11.5. The summed E-state index contributed by atoms with van der Waals surface area (Å²) in [5, 5.41) is 0.569. The van der Waals surface area contributed by atoms with Gasteiger partial charge in [0.2, 0.25) is 11.8 Å². The molecule has 1 aromatic carbocycles. The van der Waals surface area contributed by atoms with Crippen molar-refractivity contribution in [3.05, 3.63) is 28.8 Å². The normalized spacial score (nSPS) is 16.3. The van der Waals surface area contributed by atoms with Gasteiger partial charge >= 0.3 is 0 Å². The van der Waals surface area contributed by atoms with Gasteiger partial charge in [-0.05, 0) is 24.6 Å². The van der Waals surface area contributed by atoms with Gasteiger partial charge < -0.3 is 0 Å². The van der Waals surface area contributed by atoms with E-state index in [1.165, 1.54) is 4.90 Å². The van der Waals surface area contributed by atoms with Crippen LogP contribution in [0.25, 0.3) is 0 Å². The molecule has 3 nitrogen and oxygen atoms in total. The molecule has 1 heterocycles. The Bertz CT molecular complexity index is 426. The molecule has 0 saturated carbocycles. The van der Waals surface area contributed by atoms with Crippen LogP contribution in [0.4, 0.5) is 5.69 Å². The molecule has 0 aromatic heterocycles. The van der Waals surface area contributed by atoms with Crippen LogP contribution in [0.5, 0.6) is 0 Å². The van der Waals surface area contributed by atoms with Crippen LogP contribution >= 0.6 is 11.6 Å². The molecule has 1 saturated heterocycles. The van der Waals surface area contributed by atoms with Crippen LogP contribution < -0.4 is 4.90 Å². The zero-order valence-electron chi connectivity index (χ0n) is 8.29. The summed E-state index contributed by atoms with van der Waals surface area (Å²) in [5.41, 5.74) is 1.37. The first-order chi connectivity index (χ1) is 7.11. The summed E-state index contributed by atoms with van der Waals surface area (Å²) in [4.78, 5) is 24.2. The van der Waals surface area contributed by atoms with E-state index in [1.807, 2.05) is 0 Å². The summed E-state index contributed by atoms with van der Waals surface area (Å²) in [7, 11) is 0. The lowest BCUT2D eigenvalue weighted by atomic mass is 10.2. The van der Waals surface area contributed by atoms with Crippen molar-refractivity contribution in [2.45, 2.75) is 19.8 Å². The Morgan fingerprint density at radius 1 is 1.20 bits per heavy atom. The van der Waals surface area contributed by atoms with Gasteiger partial charge in [-0.1, -0.05) is 17.7 Å². The lowest BCUT2D eigenvalue weighted by molar-refractivity contribution is -0.121. The van der Waals surface area contributed by atoms with Gasteiger partial charge in [0.1, 0.15) is 0 Å². The van der Waals surface area contributed by atoms with E-state index in [-0.39, 0.29) is 11.8 Å². The van der Waals surface area contributed by atoms with E-state index in [0.29, 0.717) is 23.6 Å². The number of halogens is 1. The van der Waals surface area contributed by atoms with Crippen LogP contribution in [0.3, 0.4) is 0 Å². The maximum absolute atomic E-state index is 11.5. The van der Waals surface area contributed by atoms with Gasteiger partial charge in [0, 0.05) is 17.9 Å². The quantitative estimate of drug-likeness (QED) is 0.685. The smallest absolute Gasteiger partial charge is 0.234 e. The minimum absolute atomic E-state index is 0.148. The van der Waals surface area contributed by atoms with Crippen LogP contribution in [-0.2, 0) is 9.59 Å². The van der Waals surface area contributed by atoms with Crippen molar-refractivity contribution in [1.29, 1.82) is 0 Å². The van der Waals surface area contributed by atoms with Gasteiger partial charge in [-0.2, -0.15) is 0 Å². The van der Waals surface area contributed by atoms with Crippen molar-refractivity contribution < 1.29 is 9.59 Å². The molecule has 0 atom stereocenters. The molecule has 0 unspecified atom stereocenters. The van der Waals surface area contributed by atoms with E-state index in [1.54, 1.807) is 25.1 Å². The predicted molar refractivity (Wildman–Crippen MR) is 57.9 cm³/mol. The second-order valence-corrected chi connectivity index (χ2v) is 3.91. The zero-order valence-corrected chi connectivity index (χ0v) is 9.04. The van der Waals surface area contributed by atoms with Crippen molar-refractivity contribution in [3.8, 4) is 0 Å². The summed E-state index contributed by atoms with van der Waals surface area (Å²) in [6, 6.07) is 5.22. The van der Waals surface area contributed by atoms with E-state index in [4.69, 9.17) is 11.6 Å². The van der Waals surface area contributed by atoms with Crippen LogP contribution in [-0.4, -0.2) is 11.8 Å². The lowest BCUT2D eigenvalue weighted by Crippen LogP contribution is -2.29. The molecule has 1 fully saturated rings. The van der Waals surface area contributed by atoms with E-state index >= 15 is 0 Å². The number of carbonyl (C=O) groups excluding carboxylic acids is 2. The van der Waals surface area contributed by atoms with Crippen molar-refractivity contribution >= 4 is 29.1 Å². The van der Waals surface area contributed by atoms with E-state index in [2.05, 4.69) is 0 Å². The fourth-order valence-electron chi connectivity index (χ4n) is 1.68. The average Bonchev–Trinajstić information content (AvgIpc) is 2.52.